The Bertz CT molecular complexity index is 1020. The average Bonchev–Trinajstić information content (AvgIpc) is 2.66. The maximum atomic E-state index is 12.4. The molecule has 1 heterocycles. The molecule has 3 rings (SSSR count). The predicted octanol–water partition coefficient (Wildman–Crippen LogP) is 4.65. The van der Waals surface area contributed by atoms with Crippen molar-refractivity contribution >= 4 is 46.4 Å². The minimum Gasteiger partial charge on any atom is -0.323 e. The summed E-state index contributed by atoms with van der Waals surface area (Å²) in [6.07, 6.45) is 1.44. The number of carbonyl (C=O) groups is 1. The first-order chi connectivity index (χ1) is 12.6. The summed E-state index contributed by atoms with van der Waals surface area (Å²) in [5, 5.41) is 15.4. The number of halogens is 2. The molecule has 8 heteroatoms. The van der Waals surface area contributed by atoms with E-state index in [2.05, 4.69) is 20.6 Å². The molecule has 1 aromatic heterocycles. The number of carbonyl (C=O) groups excluding carboxylic acids is 1. The van der Waals surface area contributed by atoms with Crippen molar-refractivity contribution in [1.29, 1.82) is 5.26 Å². The molecule has 0 aliphatic carbocycles. The van der Waals surface area contributed by atoms with Crippen molar-refractivity contribution in [3.8, 4) is 6.07 Å². The molecule has 0 saturated heterocycles. The predicted molar refractivity (Wildman–Crippen MR) is 101 cm³/mol. The van der Waals surface area contributed by atoms with Crippen molar-refractivity contribution in [1.82, 2.24) is 9.97 Å². The van der Waals surface area contributed by atoms with E-state index in [1.165, 1.54) is 12.3 Å². The van der Waals surface area contributed by atoms with Crippen molar-refractivity contribution in [2.45, 2.75) is 0 Å². The number of aromatic nitrogens is 2. The van der Waals surface area contributed by atoms with Gasteiger partial charge >= 0.3 is 0 Å². The highest BCUT2D eigenvalue weighted by atomic mass is 35.5. The van der Waals surface area contributed by atoms with Crippen LogP contribution >= 0.6 is 23.2 Å². The second kappa shape index (κ2) is 7.83. The van der Waals surface area contributed by atoms with Crippen LogP contribution in [-0.2, 0) is 0 Å². The number of nitrogens with zero attached hydrogens (tertiary/aromatic N) is 3. The minimum atomic E-state index is -0.463. The summed E-state index contributed by atoms with van der Waals surface area (Å²) in [6, 6.07) is 15.3. The highest BCUT2D eigenvalue weighted by molar-refractivity contribution is 6.43. The Hall–Kier alpha value is -3.14. The van der Waals surface area contributed by atoms with Gasteiger partial charge < -0.3 is 10.6 Å². The number of benzene rings is 2. The van der Waals surface area contributed by atoms with Gasteiger partial charge in [-0.05, 0) is 30.3 Å². The fourth-order valence-corrected chi connectivity index (χ4v) is 2.49. The highest BCUT2D eigenvalue weighted by Crippen LogP contribution is 2.30. The Morgan fingerprint density at radius 2 is 1.81 bits per heavy atom. The third-order valence-electron chi connectivity index (χ3n) is 3.38. The van der Waals surface area contributed by atoms with E-state index in [0.29, 0.717) is 27.0 Å². The molecular weight excluding hydrogens is 373 g/mol. The van der Waals surface area contributed by atoms with E-state index in [1.54, 1.807) is 42.5 Å². The number of anilines is 3. The zero-order chi connectivity index (χ0) is 18.5. The number of hydrogen-bond acceptors (Lipinski definition) is 5. The second-order valence-corrected chi connectivity index (χ2v) is 5.89. The van der Waals surface area contributed by atoms with Gasteiger partial charge in [0, 0.05) is 6.20 Å². The lowest BCUT2D eigenvalue weighted by Crippen LogP contribution is -2.15. The van der Waals surface area contributed by atoms with Gasteiger partial charge in [0.05, 0.1) is 27.0 Å². The van der Waals surface area contributed by atoms with Crippen LogP contribution in [0.2, 0.25) is 10.0 Å². The van der Waals surface area contributed by atoms with E-state index in [9.17, 15) is 4.79 Å². The summed E-state index contributed by atoms with van der Waals surface area (Å²) in [7, 11) is 0. The van der Waals surface area contributed by atoms with Gasteiger partial charge in [-0.1, -0.05) is 41.4 Å². The van der Waals surface area contributed by atoms with Gasteiger partial charge in [0.25, 0.3) is 5.91 Å². The third kappa shape index (κ3) is 3.91. The molecule has 2 N–H and O–H groups in total. The van der Waals surface area contributed by atoms with Crippen LogP contribution in [-0.4, -0.2) is 15.9 Å². The van der Waals surface area contributed by atoms with Crippen LogP contribution in [0.1, 0.15) is 16.1 Å². The molecule has 2 aromatic carbocycles. The maximum Gasteiger partial charge on any atom is 0.274 e. The molecule has 3 aromatic rings. The summed E-state index contributed by atoms with van der Waals surface area (Å²) < 4.78 is 0. The molecule has 0 saturated carbocycles. The Balaban J connectivity index is 1.82. The number of amides is 1. The highest BCUT2D eigenvalue weighted by Gasteiger charge is 2.12. The van der Waals surface area contributed by atoms with Gasteiger partial charge in [0.2, 0.25) is 5.95 Å². The lowest BCUT2D eigenvalue weighted by Gasteiger charge is -2.09. The molecule has 0 unspecified atom stereocenters. The molecule has 0 radical (unpaired) electrons. The molecule has 0 aliphatic rings. The van der Waals surface area contributed by atoms with Crippen LogP contribution in [0, 0.1) is 11.3 Å². The van der Waals surface area contributed by atoms with Crippen LogP contribution in [0.4, 0.5) is 17.3 Å². The van der Waals surface area contributed by atoms with Gasteiger partial charge in [-0.15, -0.1) is 0 Å². The first-order valence-corrected chi connectivity index (χ1v) is 8.18. The normalized spacial score (nSPS) is 10.0. The van der Waals surface area contributed by atoms with Crippen LogP contribution in [0.3, 0.4) is 0 Å². The Kier molecular flexibility index (Phi) is 5.32. The third-order valence-corrected chi connectivity index (χ3v) is 4.20. The number of hydrogen-bond donors (Lipinski definition) is 2. The summed E-state index contributed by atoms with van der Waals surface area (Å²) in [5.41, 5.74) is 1.42. The van der Waals surface area contributed by atoms with E-state index in [4.69, 9.17) is 28.5 Å². The van der Waals surface area contributed by atoms with Gasteiger partial charge in [0.15, 0.2) is 0 Å². The Labute approximate surface area is 159 Å². The van der Waals surface area contributed by atoms with E-state index < -0.39 is 5.91 Å². The average molecular weight is 384 g/mol. The van der Waals surface area contributed by atoms with Crippen molar-refractivity contribution in [2.75, 3.05) is 10.6 Å². The van der Waals surface area contributed by atoms with Crippen LogP contribution in [0.25, 0.3) is 0 Å². The maximum absolute atomic E-state index is 12.4. The molecule has 0 bridgehead atoms. The summed E-state index contributed by atoms with van der Waals surface area (Å²) >= 11 is 12.1. The fraction of sp³-hybridized carbons (Fsp3) is 0. The van der Waals surface area contributed by atoms with Crippen molar-refractivity contribution < 1.29 is 4.79 Å². The molecule has 6 nitrogen and oxygen atoms in total. The van der Waals surface area contributed by atoms with Crippen LogP contribution < -0.4 is 10.6 Å². The zero-order valence-corrected chi connectivity index (χ0v) is 14.7. The van der Waals surface area contributed by atoms with Gasteiger partial charge in [-0.3, -0.25) is 4.79 Å². The molecule has 0 aliphatic heterocycles. The van der Waals surface area contributed by atoms with Crippen molar-refractivity contribution in [2.24, 2.45) is 0 Å². The number of para-hydroxylation sites is 1. The van der Waals surface area contributed by atoms with E-state index >= 15 is 0 Å². The molecule has 1 amide bonds. The first-order valence-electron chi connectivity index (χ1n) is 7.43. The minimum absolute atomic E-state index is 0.133. The van der Waals surface area contributed by atoms with Gasteiger partial charge in [-0.25, -0.2) is 9.97 Å². The topological polar surface area (TPSA) is 90.7 Å². The number of rotatable bonds is 4. The quantitative estimate of drug-likeness (QED) is 0.683. The van der Waals surface area contributed by atoms with E-state index in [0.717, 1.165) is 0 Å². The zero-order valence-electron chi connectivity index (χ0n) is 13.2. The monoisotopic (exact) mass is 383 g/mol. The first kappa shape index (κ1) is 17.7. The van der Waals surface area contributed by atoms with E-state index in [1.807, 2.05) is 6.07 Å². The molecule has 0 fully saturated rings. The molecular formula is C18H11Cl2N5O. The molecule has 0 spiro atoms. The van der Waals surface area contributed by atoms with E-state index in [-0.39, 0.29) is 11.6 Å². The lowest BCUT2D eigenvalue weighted by atomic mass is 10.2. The summed E-state index contributed by atoms with van der Waals surface area (Å²) in [4.78, 5) is 20.7. The lowest BCUT2D eigenvalue weighted by molar-refractivity contribution is 0.102. The largest absolute Gasteiger partial charge is 0.323 e. The van der Waals surface area contributed by atoms with Crippen molar-refractivity contribution in [3.05, 3.63) is 76.0 Å². The van der Waals surface area contributed by atoms with Crippen molar-refractivity contribution in [3.63, 3.8) is 0 Å². The fourth-order valence-electron chi connectivity index (χ4n) is 2.14. The molecule has 128 valence electrons. The van der Waals surface area contributed by atoms with Gasteiger partial charge in [-0.2, -0.15) is 5.26 Å². The summed E-state index contributed by atoms with van der Waals surface area (Å²) in [5.74, 6) is -0.272. The Morgan fingerprint density at radius 3 is 2.62 bits per heavy atom. The van der Waals surface area contributed by atoms with Crippen LogP contribution in [0.5, 0.6) is 0 Å². The van der Waals surface area contributed by atoms with Crippen LogP contribution in [0.15, 0.2) is 54.7 Å². The number of nitrogens with one attached hydrogen (secondary N) is 2. The molecule has 26 heavy (non-hydrogen) atoms. The smallest absolute Gasteiger partial charge is 0.274 e. The standard InChI is InChI=1S/C18H11Cl2N5O/c19-12-5-3-7-14(16(12)20)24-18-22-9-8-15(25-18)17(26)23-13-6-2-1-4-11(13)10-21/h1-9H,(H,23,26)(H,22,24,25). The van der Waals surface area contributed by atoms with Gasteiger partial charge in [0.1, 0.15) is 11.8 Å². The second-order valence-electron chi connectivity index (χ2n) is 5.10. The number of nitriles is 1. The molecule has 0 atom stereocenters. The Morgan fingerprint density at radius 1 is 1.04 bits per heavy atom. The summed E-state index contributed by atoms with van der Waals surface area (Å²) in [6.45, 7) is 0. The SMILES string of the molecule is N#Cc1ccccc1NC(=O)c1ccnc(Nc2cccc(Cl)c2Cl)n1.